The first kappa shape index (κ1) is 32.6. The Morgan fingerprint density at radius 3 is 2.36 bits per heavy atom. The van der Waals surface area contributed by atoms with E-state index in [9.17, 15) is 27.6 Å². The summed E-state index contributed by atoms with van der Waals surface area (Å²) in [5, 5.41) is 9.30. The second-order valence-corrected chi connectivity index (χ2v) is 13.0. The molecule has 2 aromatic carbocycles. The molecule has 15 heteroatoms. The van der Waals surface area contributed by atoms with Crippen molar-refractivity contribution in [2.75, 3.05) is 10.7 Å². The van der Waals surface area contributed by atoms with Gasteiger partial charge in [-0.05, 0) is 77.4 Å². The van der Waals surface area contributed by atoms with Crippen LogP contribution < -0.4 is 20.3 Å². The van der Waals surface area contributed by atoms with E-state index in [2.05, 4.69) is 25.5 Å². The highest BCUT2D eigenvalue weighted by Gasteiger charge is 2.34. The van der Waals surface area contributed by atoms with E-state index in [4.69, 9.17) is 9.26 Å². The smallest absolute Gasteiger partial charge is 0.444 e. The largest absolute Gasteiger partial charge is 0.573 e. The van der Waals surface area contributed by atoms with E-state index in [0.717, 1.165) is 12.1 Å². The van der Waals surface area contributed by atoms with Crippen molar-refractivity contribution in [2.45, 2.75) is 76.5 Å². The van der Waals surface area contributed by atoms with Gasteiger partial charge in [-0.3, -0.25) is 9.59 Å². The molecule has 0 spiro atoms. The van der Waals surface area contributed by atoms with E-state index in [1.807, 2.05) is 0 Å². The summed E-state index contributed by atoms with van der Waals surface area (Å²) in [6.45, 7) is 10.5. The molecule has 1 aliphatic rings. The maximum absolute atomic E-state index is 13.9. The Hall–Kier alpha value is -4.27. The molecule has 236 valence electrons. The van der Waals surface area contributed by atoms with E-state index in [-0.39, 0.29) is 24.0 Å². The number of hydrogen-bond acceptors (Lipinski definition) is 9. The molecular formula is C29H32F3N5O6S. The monoisotopic (exact) mass is 635 g/mol. The van der Waals surface area contributed by atoms with Gasteiger partial charge in [0.2, 0.25) is 5.82 Å². The zero-order valence-electron chi connectivity index (χ0n) is 24.9. The first-order valence-corrected chi connectivity index (χ1v) is 14.4. The third-order valence-electron chi connectivity index (χ3n) is 5.77. The van der Waals surface area contributed by atoms with Crippen LogP contribution >= 0.6 is 11.8 Å². The maximum atomic E-state index is 13.9. The van der Waals surface area contributed by atoms with Gasteiger partial charge in [0.1, 0.15) is 17.4 Å². The van der Waals surface area contributed by atoms with Crippen molar-refractivity contribution >= 4 is 35.4 Å². The summed E-state index contributed by atoms with van der Waals surface area (Å²) in [6.07, 6.45) is -5.62. The van der Waals surface area contributed by atoms with Crippen LogP contribution in [0.2, 0.25) is 0 Å². The minimum Gasteiger partial charge on any atom is -0.444 e. The molecule has 2 heterocycles. The van der Waals surface area contributed by atoms with Crippen LogP contribution in [0.5, 0.6) is 5.75 Å². The van der Waals surface area contributed by atoms with Gasteiger partial charge in [-0.2, -0.15) is 4.98 Å². The van der Waals surface area contributed by atoms with Crippen LogP contribution in [-0.4, -0.2) is 57.3 Å². The molecule has 4 rings (SSSR count). The van der Waals surface area contributed by atoms with Gasteiger partial charge in [-0.1, -0.05) is 17.3 Å². The molecule has 0 saturated carbocycles. The summed E-state index contributed by atoms with van der Waals surface area (Å²) in [7, 11) is 0. The molecule has 0 fully saturated rings. The van der Waals surface area contributed by atoms with Crippen LogP contribution in [0.1, 0.15) is 57.8 Å². The first-order chi connectivity index (χ1) is 20.4. The van der Waals surface area contributed by atoms with E-state index in [1.54, 1.807) is 59.7 Å². The van der Waals surface area contributed by atoms with Crippen LogP contribution in [0.3, 0.4) is 0 Å². The highest BCUT2D eigenvalue weighted by atomic mass is 32.2. The minimum absolute atomic E-state index is 0.0554. The summed E-state index contributed by atoms with van der Waals surface area (Å²) in [6, 6.07) is 9.22. The number of amides is 3. The van der Waals surface area contributed by atoms with E-state index >= 15 is 0 Å². The third kappa shape index (κ3) is 8.88. The number of rotatable bonds is 6. The molecule has 0 saturated heterocycles. The van der Waals surface area contributed by atoms with Gasteiger partial charge in [0.05, 0.1) is 12.2 Å². The van der Waals surface area contributed by atoms with Gasteiger partial charge in [-0.15, -0.1) is 24.9 Å². The van der Waals surface area contributed by atoms with Crippen LogP contribution in [0, 0.1) is 0 Å². The molecule has 1 aliphatic heterocycles. The molecule has 2 N–H and O–H groups in total. The van der Waals surface area contributed by atoms with Crippen molar-refractivity contribution < 1.29 is 41.6 Å². The fraction of sp³-hybridized carbons (Fsp3) is 0.414. The summed E-state index contributed by atoms with van der Waals surface area (Å²) in [5.74, 6) is -1.39. The Morgan fingerprint density at radius 2 is 1.75 bits per heavy atom. The molecular weight excluding hydrogens is 603 g/mol. The highest BCUT2D eigenvalue weighted by molar-refractivity contribution is 7.99. The fourth-order valence-electron chi connectivity index (χ4n) is 4.06. The second-order valence-electron chi connectivity index (χ2n) is 11.9. The molecule has 0 unspecified atom stereocenters. The number of nitrogens with zero attached hydrogens (tertiary/aromatic N) is 3. The summed E-state index contributed by atoms with van der Waals surface area (Å²) in [4.78, 5) is 45.3. The number of nitrogens with one attached hydrogen (secondary N) is 2. The number of carbonyl (C=O) groups excluding carboxylic acids is 3. The fourth-order valence-corrected chi connectivity index (χ4v) is 5.12. The quantitative estimate of drug-likeness (QED) is 0.350. The average Bonchev–Trinajstić information content (AvgIpc) is 3.34. The molecule has 1 atom stereocenters. The Bertz CT molecular complexity index is 1530. The highest BCUT2D eigenvalue weighted by Crippen LogP contribution is 2.38. The number of alkyl carbamates (subject to hydrolysis) is 1. The first-order valence-electron chi connectivity index (χ1n) is 13.5. The van der Waals surface area contributed by atoms with E-state index < -0.39 is 47.2 Å². The lowest BCUT2D eigenvalue weighted by Gasteiger charge is -2.27. The van der Waals surface area contributed by atoms with Gasteiger partial charge < -0.3 is 29.5 Å². The number of hydrogen-bond donors (Lipinski definition) is 2. The standard InChI is InChI=1S/C29H32F3N5O6S/c1-27(2,3)35-23(38)24-34-22(36-43-24)17-9-12-21-20(13-17)37(14-16-7-10-18(11-8-16)41-29(30,31)32)25(39)19(15-44-21)33-26(40)42-28(4,5)6/h7-13,19H,14-15H2,1-6H3,(H,33,40)(H,35,38)/t19-/m0/s1. The lowest BCUT2D eigenvalue weighted by Crippen LogP contribution is -2.50. The Balaban J connectivity index is 1.67. The number of anilines is 1. The molecule has 0 bridgehead atoms. The van der Waals surface area contributed by atoms with Crippen LogP contribution in [0.4, 0.5) is 23.7 Å². The lowest BCUT2D eigenvalue weighted by molar-refractivity contribution is -0.274. The van der Waals surface area contributed by atoms with Gasteiger partial charge in [0, 0.05) is 21.8 Å². The van der Waals surface area contributed by atoms with E-state index in [0.29, 0.717) is 21.7 Å². The lowest BCUT2D eigenvalue weighted by atomic mass is 10.1. The van der Waals surface area contributed by atoms with Crippen molar-refractivity contribution in [2.24, 2.45) is 0 Å². The number of alkyl halides is 3. The topological polar surface area (TPSA) is 136 Å². The number of thioether (sulfide) groups is 1. The molecule has 11 nitrogen and oxygen atoms in total. The summed E-state index contributed by atoms with van der Waals surface area (Å²) in [5.41, 5.74) is 0.0401. The molecule has 3 amide bonds. The van der Waals surface area contributed by atoms with Crippen LogP contribution in [-0.2, 0) is 16.1 Å². The van der Waals surface area contributed by atoms with Gasteiger partial charge in [0.25, 0.3) is 5.91 Å². The maximum Gasteiger partial charge on any atom is 0.573 e. The van der Waals surface area contributed by atoms with Crippen molar-refractivity contribution in [3.8, 4) is 17.1 Å². The second kappa shape index (κ2) is 12.4. The SMILES string of the molecule is CC(C)(C)NC(=O)c1nc(-c2ccc3c(c2)N(Cc2ccc(OC(F)(F)F)cc2)C(=O)[C@@H](NC(=O)OC(C)(C)C)CS3)no1. The normalized spacial score (nSPS) is 15.7. The van der Waals surface area contributed by atoms with Crippen molar-refractivity contribution in [1.82, 2.24) is 20.8 Å². The van der Waals surface area contributed by atoms with Crippen LogP contribution in [0.25, 0.3) is 11.4 Å². The predicted octanol–water partition coefficient (Wildman–Crippen LogP) is 5.70. The number of carbonyl (C=O) groups is 3. The Labute approximate surface area is 255 Å². The average molecular weight is 636 g/mol. The van der Waals surface area contributed by atoms with E-state index in [1.165, 1.54) is 28.8 Å². The summed E-state index contributed by atoms with van der Waals surface area (Å²) >= 11 is 1.32. The van der Waals surface area contributed by atoms with Gasteiger partial charge >= 0.3 is 24.3 Å². The summed E-state index contributed by atoms with van der Waals surface area (Å²) < 4.78 is 52.5. The van der Waals surface area contributed by atoms with Crippen molar-refractivity contribution in [3.05, 3.63) is 53.9 Å². The molecule has 0 aliphatic carbocycles. The molecule has 3 aromatic rings. The van der Waals surface area contributed by atoms with Crippen LogP contribution in [0.15, 0.2) is 51.9 Å². The molecule has 44 heavy (non-hydrogen) atoms. The zero-order chi connectivity index (χ0) is 32.4. The number of benzene rings is 2. The Kier molecular flexibility index (Phi) is 9.18. The number of ether oxygens (including phenoxy) is 2. The minimum atomic E-state index is -4.85. The number of aromatic nitrogens is 2. The third-order valence-corrected chi connectivity index (χ3v) is 6.93. The predicted molar refractivity (Wildman–Crippen MR) is 155 cm³/mol. The Morgan fingerprint density at radius 1 is 1.07 bits per heavy atom. The van der Waals surface area contributed by atoms with Gasteiger partial charge in [0.15, 0.2) is 0 Å². The van der Waals surface area contributed by atoms with Crippen molar-refractivity contribution in [1.29, 1.82) is 0 Å². The molecule has 0 radical (unpaired) electrons. The number of fused-ring (bicyclic) bond motifs is 1. The molecule has 1 aromatic heterocycles. The van der Waals surface area contributed by atoms with Gasteiger partial charge in [-0.25, -0.2) is 4.79 Å². The number of halogens is 3. The van der Waals surface area contributed by atoms with Crippen molar-refractivity contribution in [3.63, 3.8) is 0 Å². The zero-order valence-corrected chi connectivity index (χ0v) is 25.7.